The van der Waals surface area contributed by atoms with Gasteiger partial charge in [0.15, 0.2) is 0 Å². The van der Waals surface area contributed by atoms with Crippen molar-refractivity contribution >= 4 is 58.8 Å². The van der Waals surface area contributed by atoms with Crippen molar-refractivity contribution in [2.75, 3.05) is 26.5 Å². The van der Waals surface area contributed by atoms with Gasteiger partial charge in [-0.15, -0.1) is 11.8 Å². The van der Waals surface area contributed by atoms with E-state index in [2.05, 4.69) is 5.32 Å². The lowest BCUT2D eigenvalue weighted by molar-refractivity contribution is -0.146. The van der Waals surface area contributed by atoms with Crippen LogP contribution in [0, 0.1) is 5.92 Å². The zero-order valence-corrected chi connectivity index (χ0v) is 20.3. The number of likely N-dealkylation sites (tertiary alicyclic amines) is 1. The summed E-state index contributed by atoms with van der Waals surface area (Å²) in [6.07, 6.45) is 7.43. The summed E-state index contributed by atoms with van der Waals surface area (Å²) < 4.78 is 4.76. The summed E-state index contributed by atoms with van der Waals surface area (Å²) in [6, 6.07) is 3.07. The minimum Gasteiger partial charge on any atom is -0.467 e. The topological polar surface area (TPSA) is 75.7 Å². The van der Waals surface area contributed by atoms with Gasteiger partial charge in [0.25, 0.3) is 0 Å². The fourth-order valence-corrected chi connectivity index (χ4v) is 4.60. The van der Waals surface area contributed by atoms with E-state index in [4.69, 9.17) is 27.9 Å². The minimum absolute atomic E-state index is 0.140. The first kappa shape index (κ1) is 25.6. The van der Waals surface area contributed by atoms with Crippen LogP contribution < -0.4 is 5.32 Å². The number of halogens is 2. The summed E-state index contributed by atoms with van der Waals surface area (Å²) in [7, 11) is 1.31. The molecule has 1 aromatic rings. The lowest BCUT2D eigenvalue weighted by atomic mass is 9.95. The van der Waals surface area contributed by atoms with Gasteiger partial charge in [-0.2, -0.15) is 0 Å². The molecule has 1 aromatic carbocycles. The highest BCUT2D eigenvalue weighted by Gasteiger charge is 2.29. The number of ether oxygens (including phenoxy) is 1. The molecule has 1 aliphatic rings. The third-order valence-corrected chi connectivity index (χ3v) is 7.05. The number of methoxy groups -OCH3 is 1. The van der Waals surface area contributed by atoms with Crippen LogP contribution in [0.5, 0.6) is 0 Å². The van der Waals surface area contributed by atoms with E-state index in [1.165, 1.54) is 24.9 Å². The van der Waals surface area contributed by atoms with Crippen LogP contribution in [0.3, 0.4) is 0 Å². The number of nitrogens with one attached hydrogen (secondary N) is 1. The summed E-state index contributed by atoms with van der Waals surface area (Å²) >= 11 is 14.0. The molecule has 2 rings (SSSR count). The van der Waals surface area contributed by atoms with Crippen LogP contribution in [0.1, 0.15) is 38.2 Å². The van der Waals surface area contributed by atoms with Crippen molar-refractivity contribution in [3.63, 3.8) is 0 Å². The second kappa shape index (κ2) is 12.4. The SMILES string of the molecule is CCCC(NC(=O)C1CCN(C(=O)C=Cc2ccc(SC)c(Cl)c2Cl)CC1)C(=O)OC. The summed E-state index contributed by atoms with van der Waals surface area (Å²) in [6.45, 7) is 2.88. The Hall–Kier alpha value is -1.70. The zero-order chi connectivity index (χ0) is 23.0. The molecule has 1 unspecified atom stereocenters. The van der Waals surface area contributed by atoms with Gasteiger partial charge < -0.3 is 15.0 Å². The highest BCUT2D eigenvalue weighted by Crippen LogP contribution is 2.35. The van der Waals surface area contributed by atoms with Crippen molar-refractivity contribution in [2.24, 2.45) is 5.92 Å². The predicted octanol–water partition coefficient (Wildman–Crippen LogP) is 4.43. The van der Waals surface area contributed by atoms with Crippen LogP contribution in [0.25, 0.3) is 6.08 Å². The first-order valence-corrected chi connectivity index (χ1v) is 12.2. The monoisotopic (exact) mass is 486 g/mol. The number of rotatable bonds is 8. The number of thioether (sulfide) groups is 1. The van der Waals surface area contributed by atoms with Gasteiger partial charge in [0.2, 0.25) is 11.8 Å². The van der Waals surface area contributed by atoms with E-state index < -0.39 is 12.0 Å². The van der Waals surface area contributed by atoms with E-state index in [9.17, 15) is 14.4 Å². The Morgan fingerprint density at radius 1 is 1.26 bits per heavy atom. The molecule has 0 aliphatic carbocycles. The largest absolute Gasteiger partial charge is 0.467 e. The average Bonchev–Trinajstić information content (AvgIpc) is 2.79. The van der Waals surface area contributed by atoms with E-state index in [0.29, 0.717) is 48.0 Å². The molecule has 170 valence electrons. The molecular weight excluding hydrogens is 459 g/mol. The predicted molar refractivity (Wildman–Crippen MR) is 125 cm³/mol. The normalized spacial score (nSPS) is 15.7. The maximum Gasteiger partial charge on any atom is 0.328 e. The second-order valence-corrected chi connectivity index (χ2v) is 8.89. The Bertz CT molecular complexity index is 839. The smallest absolute Gasteiger partial charge is 0.328 e. The number of benzene rings is 1. The Balaban J connectivity index is 1.91. The number of esters is 1. The molecule has 0 aromatic heterocycles. The molecule has 1 heterocycles. The van der Waals surface area contributed by atoms with Crippen molar-refractivity contribution in [1.82, 2.24) is 10.2 Å². The summed E-state index contributed by atoms with van der Waals surface area (Å²) in [4.78, 5) is 39.5. The number of carbonyl (C=O) groups excluding carboxylic acids is 3. The van der Waals surface area contributed by atoms with Crippen molar-refractivity contribution < 1.29 is 19.1 Å². The van der Waals surface area contributed by atoms with Gasteiger partial charge in [0.1, 0.15) is 6.04 Å². The molecule has 0 radical (unpaired) electrons. The lowest BCUT2D eigenvalue weighted by Gasteiger charge is -2.31. The number of amides is 2. The first-order chi connectivity index (χ1) is 14.8. The summed E-state index contributed by atoms with van der Waals surface area (Å²) in [5.74, 6) is -0.970. The van der Waals surface area contributed by atoms with Crippen LogP contribution in [0.15, 0.2) is 23.1 Å². The number of hydrogen-bond donors (Lipinski definition) is 1. The van der Waals surface area contributed by atoms with Crippen molar-refractivity contribution in [3.05, 3.63) is 33.8 Å². The van der Waals surface area contributed by atoms with Gasteiger partial charge >= 0.3 is 5.97 Å². The lowest BCUT2D eigenvalue weighted by Crippen LogP contribution is -2.47. The van der Waals surface area contributed by atoms with E-state index in [-0.39, 0.29) is 17.7 Å². The molecule has 0 bridgehead atoms. The van der Waals surface area contributed by atoms with Crippen LogP contribution in [0.2, 0.25) is 10.0 Å². The summed E-state index contributed by atoms with van der Waals surface area (Å²) in [5.41, 5.74) is 0.678. The van der Waals surface area contributed by atoms with Crippen molar-refractivity contribution in [2.45, 2.75) is 43.5 Å². The standard InChI is InChI=1S/C22H28Cl2N2O4S/c1-4-5-16(22(29)30-2)25-21(28)15-10-12-26(13-11-15)18(27)9-7-14-6-8-17(31-3)20(24)19(14)23/h6-9,15-16H,4-5,10-13H2,1-3H3,(H,25,28). The zero-order valence-electron chi connectivity index (χ0n) is 18.0. The van der Waals surface area contributed by atoms with Crippen LogP contribution in [0.4, 0.5) is 0 Å². The van der Waals surface area contributed by atoms with Crippen molar-refractivity contribution in [1.29, 1.82) is 0 Å². The molecule has 2 amide bonds. The van der Waals surface area contributed by atoms with Gasteiger partial charge in [0, 0.05) is 30.0 Å². The maximum absolute atomic E-state index is 12.6. The Labute approximate surface area is 197 Å². The van der Waals surface area contributed by atoms with E-state index >= 15 is 0 Å². The molecule has 1 atom stereocenters. The third-order valence-electron chi connectivity index (χ3n) is 5.26. The van der Waals surface area contributed by atoms with Gasteiger partial charge in [-0.1, -0.05) is 42.6 Å². The fraction of sp³-hybridized carbons (Fsp3) is 0.500. The molecule has 0 spiro atoms. The van der Waals surface area contributed by atoms with Gasteiger partial charge in [0.05, 0.1) is 17.2 Å². The van der Waals surface area contributed by atoms with Gasteiger partial charge in [-0.25, -0.2) is 4.79 Å². The minimum atomic E-state index is -0.626. The van der Waals surface area contributed by atoms with Crippen LogP contribution in [-0.2, 0) is 19.1 Å². The Morgan fingerprint density at radius 2 is 1.94 bits per heavy atom. The number of piperidine rings is 1. The third kappa shape index (κ3) is 6.89. The fourth-order valence-electron chi connectivity index (χ4n) is 3.43. The van der Waals surface area contributed by atoms with Gasteiger partial charge in [-0.05, 0) is 43.2 Å². The molecule has 1 fully saturated rings. The Kier molecular flexibility index (Phi) is 10.2. The van der Waals surface area contributed by atoms with Crippen LogP contribution in [-0.4, -0.2) is 55.2 Å². The number of carbonyl (C=O) groups is 3. The maximum atomic E-state index is 12.6. The molecule has 9 heteroatoms. The molecule has 1 saturated heterocycles. The Morgan fingerprint density at radius 3 is 2.52 bits per heavy atom. The van der Waals surface area contributed by atoms with Crippen LogP contribution >= 0.6 is 35.0 Å². The number of nitrogens with zero attached hydrogens (tertiary/aromatic N) is 1. The van der Waals surface area contributed by atoms with E-state index in [1.54, 1.807) is 11.0 Å². The molecule has 1 N–H and O–H groups in total. The summed E-state index contributed by atoms with van der Waals surface area (Å²) in [5, 5.41) is 3.68. The first-order valence-electron chi connectivity index (χ1n) is 10.2. The molecular formula is C22H28Cl2N2O4S. The molecule has 0 saturated carbocycles. The molecule has 31 heavy (non-hydrogen) atoms. The quantitative estimate of drug-likeness (QED) is 0.334. The second-order valence-electron chi connectivity index (χ2n) is 7.29. The average molecular weight is 487 g/mol. The molecule has 1 aliphatic heterocycles. The molecule has 6 nitrogen and oxygen atoms in total. The van der Waals surface area contributed by atoms with Gasteiger partial charge in [-0.3, -0.25) is 9.59 Å². The van der Waals surface area contributed by atoms with E-state index in [0.717, 1.165) is 11.3 Å². The van der Waals surface area contributed by atoms with Crippen molar-refractivity contribution in [3.8, 4) is 0 Å². The highest BCUT2D eigenvalue weighted by atomic mass is 35.5. The highest BCUT2D eigenvalue weighted by molar-refractivity contribution is 7.98. The number of hydrogen-bond acceptors (Lipinski definition) is 5. The van der Waals surface area contributed by atoms with E-state index in [1.807, 2.05) is 25.3 Å².